The van der Waals surface area contributed by atoms with E-state index < -0.39 is 14.9 Å². The molecule has 0 N–H and O–H groups in total. The number of hydrogen-bond donors (Lipinski definition) is 0. The molecular formula is C20H23N3O4S. The molecule has 28 heavy (non-hydrogen) atoms. The van der Waals surface area contributed by atoms with Gasteiger partial charge in [-0.1, -0.05) is 36.4 Å². The number of nitro groups is 1. The molecule has 0 amide bonds. The van der Waals surface area contributed by atoms with Crippen LogP contribution in [0.1, 0.15) is 30.0 Å². The van der Waals surface area contributed by atoms with E-state index in [0.29, 0.717) is 13.0 Å². The van der Waals surface area contributed by atoms with Gasteiger partial charge < -0.3 is 4.90 Å². The third-order valence-electron chi connectivity index (χ3n) is 5.88. The number of hydrogen-bond acceptors (Lipinski definition) is 5. The number of para-hydroxylation sites is 1. The Hall–Kier alpha value is -2.29. The zero-order chi connectivity index (χ0) is 19.9. The van der Waals surface area contributed by atoms with Crippen molar-refractivity contribution in [3.63, 3.8) is 0 Å². The fourth-order valence-corrected chi connectivity index (χ4v) is 6.33. The number of likely N-dealkylation sites (N-methyl/N-ethyl adjacent to an activating group) is 1. The van der Waals surface area contributed by atoms with Crippen molar-refractivity contribution in [2.45, 2.75) is 36.2 Å². The molecule has 2 aliphatic rings. The lowest BCUT2D eigenvalue weighted by atomic mass is 9.89. The van der Waals surface area contributed by atoms with E-state index in [0.717, 1.165) is 30.5 Å². The average Bonchev–Trinajstić information content (AvgIpc) is 3.12. The minimum Gasteiger partial charge on any atom is -0.301 e. The van der Waals surface area contributed by atoms with Crippen LogP contribution in [-0.2, 0) is 16.4 Å². The Kier molecular flexibility index (Phi) is 4.95. The maximum Gasteiger partial charge on any atom is 0.289 e. The molecule has 0 aliphatic carbocycles. The number of nitrogens with zero attached hydrogens (tertiary/aromatic N) is 3. The maximum absolute atomic E-state index is 13.6. The van der Waals surface area contributed by atoms with Crippen LogP contribution in [0.3, 0.4) is 0 Å². The summed E-state index contributed by atoms with van der Waals surface area (Å²) in [6.07, 6.45) is 2.51. The second kappa shape index (κ2) is 7.27. The van der Waals surface area contributed by atoms with E-state index in [-0.39, 0.29) is 22.7 Å². The van der Waals surface area contributed by atoms with E-state index >= 15 is 0 Å². The first-order valence-electron chi connectivity index (χ1n) is 9.44. The number of rotatable bonds is 4. The summed E-state index contributed by atoms with van der Waals surface area (Å²) >= 11 is 0. The highest BCUT2D eigenvalue weighted by Gasteiger charge is 2.44. The fourth-order valence-electron chi connectivity index (χ4n) is 4.53. The first-order valence-corrected chi connectivity index (χ1v) is 10.9. The standard InChI is InChI=1S/C20H23N3O4S/c1-21-13-6-10-18(21)20-16-8-3-2-7-15(16)12-14-22(20)28(26,27)19-11-5-4-9-17(19)23(24)25/h2-5,7-9,11,18,20H,6,10,12-14H2,1H3. The lowest BCUT2D eigenvalue weighted by Gasteiger charge is -2.41. The van der Waals surface area contributed by atoms with Crippen LogP contribution in [0.4, 0.5) is 5.69 Å². The summed E-state index contributed by atoms with van der Waals surface area (Å²) < 4.78 is 28.7. The Morgan fingerprint density at radius 2 is 1.79 bits per heavy atom. The Morgan fingerprint density at radius 1 is 1.07 bits per heavy atom. The third kappa shape index (κ3) is 3.11. The molecule has 2 aromatic carbocycles. The molecular weight excluding hydrogens is 378 g/mol. The van der Waals surface area contributed by atoms with Crippen LogP contribution in [0.15, 0.2) is 53.4 Å². The zero-order valence-corrected chi connectivity index (χ0v) is 16.5. The smallest absolute Gasteiger partial charge is 0.289 e. The molecule has 148 valence electrons. The topological polar surface area (TPSA) is 83.8 Å². The molecule has 2 unspecified atom stereocenters. The highest BCUT2D eigenvalue weighted by Crippen LogP contribution is 2.41. The maximum atomic E-state index is 13.6. The van der Waals surface area contributed by atoms with Crippen LogP contribution < -0.4 is 0 Å². The van der Waals surface area contributed by atoms with Crippen molar-refractivity contribution >= 4 is 15.7 Å². The minimum atomic E-state index is -4.03. The van der Waals surface area contributed by atoms with Gasteiger partial charge in [0.1, 0.15) is 0 Å². The molecule has 2 heterocycles. The number of fused-ring (bicyclic) bond motifs is 1. The highest BCUT2D eigenvalue weighted by atomic mass is 32.2. The van der Waals surface area contributed by atoms with Gasteiger partial charge in [-0.15, -0.1) is 0 Å². The van der Waals surface area contributed by atoms with Crippen LogP contribution in [0.2, 0.25) is 0 Å². The number of benzene rings is 2. The average molecular weight is 401 g/mol. The molecule has 7 nitrogen and oxygen atoms in total. The highest BCUT2D eigenvalue weighted by molar-refractivity contribution is 7.89. The van der Waals surface area contributed by atoms with Crippen LogP contribution in [0.25, 0.3) is 0 Å². The summed E-state index contributed by atoms with van der Waals surface area (Å²) in [4.78, 5) is 12.8. The predicted octanol–water partition coefficient (Wildman–Crippen LogP) is 2.98. The molecule has 2 aromatic rings. The molecule has 1 fully saturated rings. The molecule has 0 aromatic heterocycles. The van der Waals surface area contributed by atoms with Gasteiger partial charge >= 0.3 is 0 Å². The van der Waals surface area contributed by atoms with Gasteiger partial charge in [0, 0.05) is 18.7 Å². The van der Waals surface area contributed by atoms with Crippen LogP contribution in [0.5, 0.6) is 0 Å². The van der Waals surface area contributed by atoms with E-state index in [9.17, 15) is 18.5 Å². The summed E-state index contributed by atoms with van der Waals surface area (Å²) in [7, 11) is -2.01. The summed E-state index contributed by atoms with van der Waals surface area (Å²) in [5.41, 5.74) is 1.79. The first-order chi connectivity index (χ1) is 13.4. The molecule has 0 saturated carbocycles. The molecule has 0 spiro atoms. The predicted molar refractivity (Wildman–Crippen MR) is 106 cm³/mol. The Morgan fingerprint density at radius 3 is 2.50 bits per heavy atom. The monoisotopic (exact) mass is 401 g/mol. The van der Waals surface area contributed by atoms with Crippen LogP contribution in [0, 0.1) is 10.1 Å². The quantitative estimate of drug-likeness (QED) is 0.581. The molecule has 4 rings (SSSR count). The van der Waals surface area contributed by atoms with Gasteiger partial charge in [0.25, 0.3) is 15.7 Å². The molecule has 0 bridgehead atoms. The van der Waals surface area contributed by atoms with Crippen LogP contribution >= 0.6 is 0 Å². The second-order valence-corrected chi connectivity index (χ2v) is 9.28. The minimum absolute atomic E-state index is 0.0546. The summed E-state index contributed by atoms with van der Waals surface area (Å²) in [5.74, 6) is 0. The van der Waals surface area contributed by atoms with Crippen molar-refractivity contribution in [3.05, 3.63) is 69.8 Å². The number of sulfonamides is 1. The fraction of sp³-hybridized carbons (Fsp3) is 0.400. The van der Waals surface area contributed by atoms with Gasteiger partial charge in [-0.25, -0.2) is 8.42 Å². The van der Waals surface area contributed by atoms with Gasteiger partial charge in [-0.05, 0) is 50.0 Å². The number of likely N-dealkylation sites (tertiary alicyclic amines) is 1. The van der Waals surface area contributed by atoms with Crippen molar-refractivity contribution in [2.75, 3.05) is 20.1 Å². The van der Waals surface area contributed by atoms with Crippen molar-refractivity contribution < 1.29 is 13.3 Å². The van der Waals surface area contributed by atoms with E-state index in [1.165, 1.54) is 28.6 Å². The van der Waals surface area contributed by atoms with Gasteiger partial charge in [0.2, 0.25) is 0 Å². The lowest BCUT2D eigenvalue weighted by molar-refractivity contribution is -0.387. The third-order valence-corrected chi connectivity index (χ3v) is 7.80. The van der Waals surface area contributed by atoms with Crippen molar-refractivity contribution in [3.8, 4) is 0 Å². The van der Waals surface area contributed by atoms with E-state index in [4.69, 9.17) is 0 Å². The Labute approximate surface area is 164 Å². The Balaban J connectivity index is 1.85. The van der Waals surface area contributed by atoms with E-state index in [1.807, 2.05) is 31.3 Å². The molecule has 1 saturated heterocycles. The molecule has 8 heteroatoms. The summed E-state index contributed by atoms with van der Waals surface area (Å²) in [6, 6.07) is 13.3. The Bertz CT molecular complexity index is 1010. The summed E-state index contributed by atoms with van der Waals surface area (Å²) in [6.45, 7) is 1.24. The van der Waals surface area contributed by atoms with Crippen LogP contribution in [-0.4, -0.2) is 48.7 Å². The first kappa shape index (κ1) is 19.0. The normalized spacial score (nSPS) is 23.5. The SMILES string of the molecule is CN1CCCC1C1c2ccccc2CCN1S(=O)(=O)c1ccccc1[N+](=O)[O-]. The molecule has 2 atom stereocenters. The zero-order valence-electron chi connectivity index (χ0n) is 15.7. The summed E-state index contributed by atoms with van der Waals surface area (Å²) in [5, 5.41) is 11.5. The van der Waals surface area contributed by atoms with Crippen molar-refractivity contribution in [1.82, 2.24) is 9.21 Å². The van der Waals surface area contributed by atoms with Gasteiger partial charge in [0.15, 0.2) is 4.90 Å². The lowest BCUT2D eigenvalue weighted by Crippen LogP contribution is -2.48. The van der Waals surface area contributed by atoms with E-state index in [2.05, 4.69) is 4.90 Å². The largest absolute Gasteiger partial charge is 0.301 e. The van der Waals surface area contributed by atoms with E-state index in [1.54, 1.807) is 0 Å². The molecule has 2 aliphatic heterocycles. The van der Waals surface area contributed by atoms with Gasteiger partial charge in [0.05, 0.1) is 11.0 Å². The second-order valence-electron chi connectivity index (χ2n) is 7.42. The van der Waals surface area contributed by atoms with Crippen molar-refractivity contribution in [1.29, 1.82) is 0 Å². The molecule has 0 radical (unpaired) electrons. The van der Waals surface area contributed by atoms with Crippen molar-refractivity contribution in [2.24, 2.45) is 0 Å². The van der Waals surface area contributed by atoms with Gasteiger partial charge in [-0.2, -0.15) is 4.31 Å². The van der Waals surface area contributed by atoms with Gasteiger partial charge in [-0.3, -0.25) is 10.1 Å². The number of nitro benzene ring substituents is 1.